The molecule has 2 unspecified atom stereocenters. The summed E-state index contributed by atoms with van der Waals surface area (Å²) in [4.78, 5) is 26.1. The van der Waals surface area contributed by atoms with Gasteiger partial charge in [-0.15, -0.1) is 11.3 Å². The number of nitrogens with one attached hydrogen (secondary N) is 1. The van der Waals surface area contributed by atoms with Crippen LogP contribution in [0.25, 0.3) is 0 Å². The van der Waals surface area contributed by atoms with Gasteiger partial charge in [0.05, 0.1) is 12.0 Å². The Bertz CT molecular complexity index is 402. The van der Waals surface area contributed by atoms with E-state index in [1.165, 1.54) is 0 Å². The van der Waals surface area contributed by atoms with Crippen LogP contribution < -0.4 is 5.32 Å². The second kappa shape index (κ2) is 4.25. The first kappa shape index (κ1) is 11.1. The second-order valence-electron chi connectivity index (χ2n) is 3.89. The number of amides is 2. The Morgan fingerprint density at radius 2 is 2.38 bits per heavy atom. The highest BCUT2D eigenvalue weighted by atomic mass is 32.1. The Morgan fingerprint density at radius 3 is 2.94 bits per heavy atom. The molecule has 1 aromatic heterocycles. The van der Waals surface area contributed by atoms with Gasteiger partial charge in [0.25, 0.3) is 0 Å². The highest BCUT2D eigenvalue weighted by molar-refractivity contribution is 7.10. The van der Waals surface area contributed by atoms with Gasteiger partial charge in [0.1, 0.15) is 0 Å². The summed E-state index contributed by atoms with van der Waals surface area (Å²) in [7, 11) is 3.37. The molecule has 0 aromatic carbocycles. The largest absolute Gasteiger partial charge is 0.359 e. The second-order valence-corrected chi connectivity index (χ2v) is 4.87. The summed E-state index contributed by atoms with van der Waals surface area (Å²) in [6.45, 7) is 0. The third-order valence-electron chi connectivity index (χ3n) is 3.00. The Balaban J connectivity index is 2.31. The molecule has 5 heteroatoms. The topological polar surface area (TPSA) is 49.4 Å². The zero-order valence-corrected chi connectivity index (χ0v) is 10.1. The van der Waals surface area contributed by atoms with Gasteiger partial charge in [0.15, 0.2) is 0 Å². The lowest BCUT2D eigenvalue weighted by atomic mass is 9.98. The van der Waals surface area contributed by atoms with Crippen LogP contribution in [0.2, 0.25) is 0 Å². The molecular weight excluding hydrogens is 224 g/mol. The SMILES string of the molecule is CNC(=O)C1CC(=O)N(C)C1c1cccs1. The van der Waals surface area contributed by atoms with Crippen molar-refractivity contribution in [1.29, 1.82) is 0 Å². The quantitative estimate of drug-likeness (QED) is 0.836. The average molecular weight is 238 g/mol. The third-order valence-corrected chi connectivity index (χ3v) is 3.95. The smallest absolute Gasteiger partial charge is 0.225 e. The van der Waals surface area contributed by atoms with E-state index in [1.54, 1.807) is 30.3 Å². The average Bonchev–Trinajstić information content (AvgIpc) is 2.87. The summed E-state index contributed by atoms with van der Waals surface area (Å²) in [6.07, 6.45) is 0.304. The van der Waals surface area contributed by atoms with E-state index in [2.05, 4.69) is 5.32 Å². The molecule has 0 aliphatic carbocycles. The molecule has 16 heavy (non-hydrogen) atoms. The van der Waals surface area contributed by atoms with Crippen LogP contribution in [0.5, 0.6) is 0 Å². The van der Waals surface area contributed by atoms with E-state index in [1.807, 2.05) is 17.5 Å². The van der Waals surface area contributed by atoms with Gasteiger partial charge >= 0.3 is 0 Å². The zero-order valence-electron chi connectivity index (χ0n) is 9.27. The first-order valence-corrected chi connectivity index (χ1v) is 6.03. The van der Waals surface area contributed by atoms with E-state index in [9.17, 15) is 9.59 Å². The van der Waals surface area contributed by atoms with Crippen LogP contribution in [0.1, 0.15) is 17.3 Å². The molecule has 2 atom stereocenters. The molecule has 2 amide bonds. The molecule has 1 aromatic rings. The lowest BCUT2D eigenvalue weighted by molar-refractivity contribution is -0.128. The van der Waals surface area contributed by atoms with Crippen LogP contribution in [0, 0.1) is 5.92 Å². The molecule has 1 N–H and O–H groups in total. The summed E-state index contributed by atoms with van der Waals surface area (Å²) in [5, 5.41) is 4.59. The van der Waals surface area contributed by atoms with Crippen molar-refractivity contribution < 1.29 is 9.59 Å². The molecule has 1 saturated heterocycles. The number of thiophene rings is 1. The fourth-order valence-electron chi connectivity index (χ4n) is 2.14. The number of carbonyl (C=O) groups excluding carboxylic acids is 2. The standard InChI is InChI=1S/C11H14N2O2S/c1-12-11(15)7-6-9(14)13(2)10(7)8-4-3-5-16-8/h3-5,7,10H,6H2,1-2H3,(H,12,15). The van der Waals surface area contributed by atoms with E-state index in [4.69, 9.17) is 0 Å². The van der Waals surface area contributed by atoms with E-state index >= 15 is 0 Å². The van der Waals surface area contributed by atoms with E-state index in [-0.39, 0.29) is 23.8 Å². The van der Waals surface area contributed by atoms with Crippen LogP contribution in [0.3, 0.4) is 0 Å². The molecule has 2 rings (SSSR count). The Labute approximate surface area is 98.3 Å². The van der Waals surface area contributed by atoms with E-state index in [0.717, 1.165) is 4.88 Å². The summed E-state index contributed by atoms with van der Waals surface area (Å²) in [6, 6.07) is 3.81. The van der Waals surface area contributed by atoms with Crippen LogP contribution in [0.4, 0.5) is 0 Å². The van der Waals surface area contributed by atoms with Crippen molar-refractivity contribution in [3.8, 4) is 0 Å². The molecule has 1 aliphatic heterocycles. The molecule has 4 nitrogen and oxygen atoms in total. The summed E-state index contributed by atoms with van der Waals surface area (Å²) in [5.41, 5.74) is 0. The molecule has 0 bridgehead atoms. The Morgan fingerprint density at radius 1 is 1.62 bits per heavy atom. The van der Waals surface area contributed by atoms with Crippen molar-refractivity contribution in [3.63, 3.8) is 0 Å². The Hall–Kier alpha value is -1.36. The van der Waals surface area contributed by atoms with Crippen LogP contribution in [-0.2, 0) is 9.59 Å². The van der Waals surface area contributed by atoms with Gasteiger partial charge < -0.3 is 10.2 Å². The number of likely N-dealkylation sites (tertiary alicyclic amines) is 1. The monoisotopic (exact) mass is 238 g/mol. The lowest BCUT2D eigenvalue weighted by Gasteiger charge is -2.22. The van der Waals surface area contributed by atoms with Gasteiger partial charge in [-0.2, -0.15) is 0 Å². The van der Waals surface area contributed by atoms with Crippen molar-refractivity contribution in [2.75, 3.05) is 14.1 Å². The third kappa shape index (κ3) is 1.71. The number of rotatable bonds is 2. The highest BCUT2D eigenvalue weighted by Crippen LogP contribution is 2.38. The normalized spacial score (nSPS) is 24.9. The molecule has 2 heterocycles. The number of nitrogens with zero attached hydrogens (tertiary/aromatic N) is 1. The van der Waals surface area contributed by atoms with Crippen LogP contribution in [-0.4, -0.2) is 30.8 Å². The molecule has 1 aliphatic rings. The fourth-order valence-corrected chi connectivity index (χ4v) is 3.07. The maximum Gasteiger partial charge on any atom is 0.225 e. The van der Waals surface area contributed by atoms with E-state index in [0.29, 0.717) is 6.42 Å². The van der Waals surface area contributed by atoms with E-state index < -0.39 is 0 Å². The van der Waals surface area contributed by atoms with Gasteiger partial charge in [0, 0.05) is 25.4 Å². The maximum absolute atomic E-state index is 11.7. The minimum absolute atomic E-state index is 0.0343. The molecule has 0 spiro atoms. The van der Waals surface area contributed by atoms with Gasteiger partial charge in [-0.3, -0.25) is 9.59 Å². The van der Waals surface area contributed by atoms with Crippen molar-refractivity contribution >= 4 is 23.2 Å². The van der Waals surface area contributed by atoms with Gasteiger partial charge in [-0.25, -0.2) is 0 Å². The van der Waals surface area contributed by atoms with Crippen LogP contribution in [0.15, 0.2) is 17.5 Å². The van der Waals surface area contributed by atoms with Gasteiger partial charge in [-0.05, 0) is 11.4 Å². The Kier molecular flexibility index (Phi) is 2.96. The van der Waals surface area contributed by atoms with Crippen molar-refractivity contribution in [2.45, 2.75) is 12.5 Å². The summed E-state index contributed by atoms with van der Waals surface area (Å²) in [5.74, 6) is -0.288. The minimum atomic E-state index is -0.263. The highest BCUT2D eigenvalue weighted by Gasteiger charge is 2.42. The van der Waals surface area contributed by atoms with Gasteiger partial charge in [0.2, 0.25) is 11.8 Å². The lowest BCUT2D eigenvalue weighted by Crippen LogP contribution is -2.32. The fraction of sp³-hybridized carbons (Fsp3) is 0.455. The summed E-state index contributed by atoms with van der Waals surface area (Å²) >= 11 is 1.58. The predicted molar refractivity (Wildman–Crippen MR) is 62.0 cm³/mol. The first-order chi connectivity index (χ1) is 7.65. The molecule has 0 saturated carbocycles. The molecular formula is C11H14N2O2S. The number of carbonyl (C=O) groups is 2. The number of hydrogen-bond acceptors (Lipinski definition) is 3. The van der Waals surface area contributed by atoms with Crippen LogP contribution >= 0.6 is 11.3 Å². The predicted octanol–water partition coefficient (Wildman–Crippen LogP) is 1.01. The first-order valence-electron chi connectivity index (χ1n) is 5.15. The summed E-state index contributed by atoms with van der Waals surface area (Å²) < 4.78 is 0. The minimum Gasteiger partial charge on any atom is -0.359 e. The molecule has 86 valence electrons. The number of hydrogen-bond donors (Lipinski definition) is 1. The molecule has 1 fully saturated rings. The molecule has 0 radical (unpaired) electrons. The van der Waals surface area contributed by atoms with Crippen molar-refractivity contribution in [2.24, 2.45) is 5.92 Å². The maximum atomic E-state index is 11.7. The van der Waals surface area contributed by atoms with Crippen molar-refractivity contribution in [1.82, 2.24) is 10.2 Å². The van der Waals surface area contributed by atoms with Gasteiger partial charge in [-0.1, -0.05) is 6.07 Å². The zero-order chi connectivity index (χ0) is 11.7. The van der Waals surface area contributed by atoms with Crippen molar-refractivity contribution in [3.05, 3.63) is 22.4 Å².